The van der Waals surface area contributed by atoms with Crippen LogP contribution in [0.25, 0.3) is 0 Å². The highest BCUT2D eigenvalue weighted by atomic mass is 16.5. The fourth-order valence-corrected chi connectivity index (χ4v) is 7.76. The highest BCUT2D eigenvalue weighted by Gasteiger charge is 2.61. The lowest BCUT2D eigenvalue weighted by molar-refractivity contribution is -0.157. The van der Waals surface area contributed by atoms with Crippen LogP contribution in [-0.2, 0) is 9.53 Å². The molecule has 8 atom stereocenters. The van der Waals surface area contributed by atoms with E-state index in [1.54, 1.807) is 7.11 Å². The SMILES string of the molecule is COC(=O)[C@@H]1CC[C@@H]2[C@H]3CC[C@H]4C[C@@H](O)CC[C@]4(C)[C@@H]3CC[C@]21C. The molecule has 4 fully saturated rings. The number of carbonyl (C=O) groups excluding carboxylic acids is 1. The van der Waals surface area contributed by atoms with Crippen molar-refractivity contribution in [2.75, 3.05) is 7.11 Å². The predicted octanol–water partition coefficient (Wildman–Crippen LogP) is 4.18. The summed E-state index contributed by atoms with van der Waals surface area (Å²) in [7, 11) is 1.55. The summed E-state index contributed by atoms with van der Waals surface area (Å²) in [5.41, 5.74) is 0.582. The minimum Gasteiger partial charge on any atom is -0.469 e. The highest BCUT2D eigenvalue weighted by Crippen LogP contribution is 2.67. The maximum Gasteiger partial charge on any atom is 0.309 e. The molecule has 0 aromatic carbocycles. The fraction of sp³-hybridized carbons (Fsp3) is 0.952. The van der Waals surface area contributed by atoms with Gasteiger partial charge in [0.15, 0.2) is 0 Å². The van der Waals surface area contributed by atoms with Gasteiger partial charge in [-0.05, 0) is 92.3 Å². The van der Waals surface area contributed by atoms with Crippen LogP contribution in [0.3, 0.4) is 0 Å². The third kappa shape index (κ3) is 2.22. The van der Waals surface area contributed by atoms with Gasteiger partial charge in [0.25, 0.3) is 0 Å². The van der Waals surface area contributed by atoms with Crippen molar-refractivity contribution in [1.82, 2.24) is 0 Å². The van der Waals surface area contributed by atoms with E-state index in [2.05, 4.69) is 13.8 Å². The van der Waals surface area contributed by atoms with Crippen molar-refractivity contribution in [3.05, 3.63) is 0 Å². The number of aliphatic hydroxyl groups excluding tert-OH is 1. The van der Waals surface area contributed by atoms with Gasteiger partial charge >= 0.3 is 5.97 Å². The first-order chi connectivity index (χ1) is 11.4. The van der Waals surface area contributed by atoms with Crippen LogP contribution in [0.2, 0.25) is 0 Å². The van der Waals surface area contributed by atoms with Crippen molar-refractivity contribution < 1.29 is 14.6 Å². The van der Waals surface area contributed by atoms with Crippen LogP contribution >= 0.6 is 0 Å². The molecule has 0 bridgehead atoms. The van der Waals surface area contributed by atoms with E-state index >= 15 is 0 Å². The van der Waals surface area contributed by atoms with Gasteiger partial charge < -0.3 is 9.84 Å². The average Bonchev–Trinajstić information content (AvgIpc) is 2.92. The number of methoxy groups -OCH3 is 1. The van der Waals surface area contributed by atoms with Gasteiger partial charge in [0, 0.05) is 0 Å². The van der Waals surface area contributed by atoms with Crippen LogP contribution in [0, 0.1) is 40.4 Å². The summed E-state index contributed by atoms with van der Waals surface area (Å²) in [4.78, 5) is 12.3. The van der Waals surface area contributed by atoms with Gasteiger partial charge in [-0.25, -0.2) is 0 Å². The first-order valence-electron chi connectivity index (χ1n) is 10.2. The van der Waals surface area contributed by atoms with Crippen molar-refractivity contribution in [3.8, 4) is 0 Å². The van der Waals surface area contributed by atoms with Crippen LogP contribution in [-0.4, -0.2) is 24.3 Å². The Morgan fingerprint density at radius 1 is 0.958 bits per heavy atom. The minimum atomic E-state index is -0.0660. The van der Waals surface area contributed by atoms with Crippen molar-refractivity contribution in [1.29, 1.82) is 0 Å². The normalized spacial score (nSPS) is 53.7. The average molecular weight is 335 g/mol. The lowest BCUT2D eigenvalue weighted by atomic mass is 9.44. The number of aliphatic hydroxyl groups is 1. The summed E-state index contributed by atoms with van der Waals surface area (Å²) < 4.78 is 5.14. The molecule has 0 unspecified atom stereocenters. The second-order valence-electron chi connectivity index (χ2n) is 9.78. The molecule has 24 heavy (non-hydrogen) atoms. The fourth-order valence-electron chi connectivity index (χ4n) is 7.76. The van der Waals surface area contributed by atoms with Crippen LogP contribution in [0.5, 0.6) is 0 Å². The molecule has 3 nitrogen and oxygen atoms in total. The Morgan fingerprint density at radius 2 is 1.67 bits per heavy atom. The lowest BCUT2D eigenvalue weighted by Gasteiger charge is -2.60. The third-order valence-electron chi connectivity index (χ3n) is 9.12. The summed E-state index contributed by atoms with van der Waals surface area (Å²) >= 11 is 0. The van der Waals surface area contributed by atoms with Crippen LogP contribution in [0.4, 0.5) is 0 Å². The summed E-state index contributed by atoms with van der Waals surface area (Å²) in [5, 5.41) is 10.1. The zero-order valence-electron chi connectivity index (χ0n) is 15.6. The molecule has 0 amide bonds. The van der Waals surface area contributed by atoms with Crippen LogP contribution in [0.15, 0.2) is 0 Å². The number of fused-ring (bicyclic) bond motifs is 5. The molecular formula is C21H34O3. The molecule has 0 radical (unpaired) electrons. The molecule has 4 aliphatic rings. The quantitative estimate of drug-likeness (QED) is 0.732. The predicted molar refractivity (Wildman–Crippen MR) is 93.2 cm³/mol. The summed E-state index contributed by atoms with van der Waals surface area (Å²) in [5.74, 6) is 3.15. The lowest BCUT2D eigenvalue weighted by Crippen LogP contribution is -2.54. The second kappa shape index (κ2) is 5.72. The maximum absolute atomic E-state index is 12.3. The number of rotatable bonds is 1. The Bertz CT molecular complexity index is 517. The molecule has 0 heterocycles. The standard InChI is InChI=1S/C21H34O3/c1-20-10-8-14(22)12-13(20)4-5-15-16-6-7-18(19(23)24-3)21(16,2)11-9-17(15)20/h13-18,22H,4-12H2,1-3H3/t13-,14-,15+,16+,17+,18-,20-,21+/m0/s1. The number of ether oxygens (including phenoxy) is 1. The summed E-state index contributed by atoms with van der Waals surface area (Å²) in [6, 6.07) is 0. The Hall–Kier alpha value is -0.570. The van der Waals surface area contributed by atoms with Gasteiger partial charge in [0.05, 0.1) is 19.1 Å². The first-order valence-corrected chi connectivity index (χ1v) is 10.2. The number of hydrogen-bond acceptors (Lipinski definition) is 3. The van der Waals surface area contributed by atoms with Crippen molar-refractivity contribution >= 4 is 5.97 Å². The second-order valence-corrected chi connectivity index (χ2v) is 9.78. The summed E-state index contributed by atoms with van der Waals surface area (Å²) in [6.45, 7) is 4.90. The van der Waals surface area contributed by atoms with Crippen molar-refractivity contribution in [2.24, 2.45) is 40.4 Å². The Kier molecular flexibility index (Phi) is 4.02. The van der Waals surface area contributed by atoms with Crippen LogP contribution in [0.1, 0.15) is 71.6 Å². The topological polar surface area (TPSA) is 46.5 Å². The highest BCUT2D eigenvalue weighted by molar-refractivity contribution is 5.73. The molecule has 4 aliphatic carbocycles. The Balaban J connectivity index is 1.60. The third-order valence-corrected chi connectivity index (χ3v) is 9.12. The molecule has 0 aromatic rings. The summed E-state index contributed by atoms with van der Waals surface area (Å²) in [6.07, 6.45) is 10.4. The maximum atomic E-state index is 12.3. The van der Waals surface area contributed by atoms with Gasteiger partial charge in [-0.3, -0.25) is 4.79 Å². The molecule has 136 valence electrons. The zero-order valence-corrected chi connectivity index (χ0v) is 15.6. The molecule has 4 rings (SSSR count). The van der Waals surface area contributed by atoms with Gasteiger partial charge in [-0.15, -0.1) is 0 Å². The van der Waals surface area contributed by atoms with E-state index in [1.807, 2.05) is 0 Å². The first kappa shape index (κ1) is 16.9. The molecule has 0 aromatic heterocycles. The van der Waals surface area contributed by atoms with Gasteiger partial charge in [0.2, 0.25) is 0 Å². The largest absolute Gasteiger partial charge is 0.469 e. The minimum absolute atomic E-state index is 0.0270. The molecule has 0 aliphatic heterocycles. The smallest absolute Gasteiger partial charge is 0.309 e. The molecule has 1 N–H and O–H groups in total. The Labute approximate surface area is 146 Å². The van der Waals surface area contributed by atoms with Gasteiger partial charge in [0.1, 0.15) is 0 Å². The van der Waals surface area contributed by atoms with E-state index in [1.165, 1.54) is 38.5 Å². The van der Waals surface area contributed by atoms with E-state index in [9.17, 15) is 9.90 Å². The monoisotopic (exact) mass is 334 g/mol. The molecule has 0 spiro atoms. The Morgan fingerprint density at radius 3 is 2.42 bits per heavy atom. The number of hydrogen-bond donors (Lipinski definition) is 1. The number of carbonyl (C=O) groups is 1. The van der Waals surface area contributed by atoms with E-state index in [-0.39, 0.29) is 23.4 Å². The zero-order chi connectivity index (χ0) is 17.1. The van der Waals surface area contributed by atoms with E-state index in [4.69, 9.17) is 4.74 Å². The van der Waals surface area contributed by atoms with Gasteiger partial charge in [-0.1, -0.05) is 13.8 Å². The molecule has 0 saturated heterocycles. The van der Waals surface area contributed by atoms with E-state index in [0.29, 0.717) is 17.3 Å². The van der Waals surface area contributed by atoms with E-state index in [0.717, 1.165) is 31.1 Å². The molecule has 3 heteroatoms. The van der Waals surface area contributed by atoms with Gasteiger partial charge in [-0.2, -0.15) is 0 Å². The number of esters is 1. The molecular weight excluding hydrogens is 300 g/mol. The molecule has 4 saturated carbocycles. The van der Waals surface area contributed by atoms with E-state index < -0.39 is 0 Å². The van der Waals surface area contributed by atoms with Crippen molar-refractivity contribution in [2.45, 2.75) is 77.7 Å². The van der Waals surface area contributed by atoms with Crippen molar-refractivity contribution in [3.63, 3.8) is 0 Å². The van der Waals surface area contributed by atoms with Crippen LogP contribution < -0.4 is 0 Å².